The Balaban J connectivity index is 0.000000187. The molecule has 7 aromatic heterocycles. The number of rotatable bonds is 15. The Hall–Kier alpha value is -11.1. The monoisotopic (exact) mass is 2460 g/mol. The molecule has 656 valence electrons. The third-order valence-corrected chi connectivity index (χ3v) is 28.5. The molecule has 0 unspecified atom stereocenters. The number of hydrogen-bond donors (Lipinski definition) is 0. The largest absolute Gasteiger partial charge is 0.305 e. The van der Waals surface area contributed by atoms with Gasteiger partial charge in [0.2, 0.25) is 0 Å². The molecule has 0 N–H and O–H groups in total. The maximum absolute atomic E-state index is 4.69. The first-order valence-corrected chi connectivity index (χ1v) is 56.3. The van der Waals surface area contributed by atoms with E-state index in [2.05, 4.69) is 319 Å². The maximum Gasteiger partial charge on any atom is 0.0775 e. The Bertz CT molecular complexity index is 5580. The maximum atomic E-state index is 4.69. The van der Waals surface area contributed by atoms with E-state index >= 15 is 0 Å². The van der Waals surface area contributed by atoms with E-state index in [1.165, 1.54) is 70.8 Å². The Morgan fingerprint density at radius 1 is 0.194 bits per heavy atom. The molecule has 129 heavy (non-hydrogen) atoms. The average Bonchev–Trinajstić information content (AvgIpc) is 0.802. The molecular weight excluding hydrogens is 2350 g/mol. The third kappa shape index (κ3) is 30.8. The van der Waals surface area contributed by atoms with E-state index in [1.54, 1.807) is 12.4 Å². The van der Waals surface area contributed by atoms with Gasteiger partial charge in [0.05, 0.1) is 32.3 Å². The van der Waals surface area contributed by atoms with Crippen LogP contribution < -0.4 is 20.7 Å². The van der Waals surface area contributed by atoms with Crippen LogP contribution in [0.1, 0.15) is 5.56 Å². The van der Waals surface area contributed by atoms with Gasteiger partial charge in [-0.05, 0) is 109 Å². The van der Waals surface area contributed by atoms with Gasteiger partial charge in [0.15, 0.2) is 0 Å². The molecule has 0 aliphatic carbocycles. The van der Waals surface area contributed by atoms with Gasteiger partial charge in [0, 0.05) is 124 Å². The fraction of sp³-hybridized carbons (Fsp3) is 0.114. The van der Waals surface area contributed by atoms with Gasteiger partial charge in [-0.2, -0.15) is 0 Å². The van der Waals surface area contributed by atoms with Crippen LogP contribution in [0.5, 0.6) is 0 Å². The van der Waals surface area contributed by atoms with Crippen LogP contribution in [0.2, 0.25) is 78.6 Å². The summed E-state index contributed by atoms with van der Waals surface area (Å²) in [6, 6.07) is 145. The van der Waals surface area contributed by atoms with Crippen molar-refractivity contribution in [3.05, 3.63) is 455 Å². The van der Waals surface area contributed by atoms with Crippen LogP contribution in [0.3, 0.4) is 0 Å². The number of aromatic nitrogens is 7. The first-order chi connectivity index (χ1) is 60.5. The Morgan fingerprint density at radius 3 is 0.605 bits per heavy atom. The molecule has 0 saturated heterocycles. The molecular formula is C114H106Ir4N7Si4-7. The first-order valence-electron chi connectivity index (χ1n) is 42.3. The van der Waals surface area contributed by atoms with Gasteiger partial charge in [-0.25, -0.2) is 0 Å². The number of nitrogens with zero attached hydrogens (tertiary/aromatic N) is 7. The molecule has 15 heteroatoms. The summed E-state index contributed by atoms with van der Waals surface area (Å²) in [4.78, 5) is 31.5. The fourth-order valence-electron chi connectivity index (χ4n) is 14.0. The fourth-order valence-corrected chi connectivity index (χ4v) is 20.3. The SMILES string of the molecule is C[Si](C)(C)c1cc(-c2[c-]cccc2)ncc1-c1ccccc1.C[Si](C)(C)c1cc(-c2[c-]cccc2)ncc1-c1ccccc1.C[Si](C)(C)c1cc(-c2[c-]cccc2)ncc1-c1ccccc1.C[Si](C)(C)c1cc(-c2[c-]cccc2)ncc1-c1ccccc1.Cc1cccnc1-c1[c-]cccc1.[Ir].[Ir].[Ir].[Ir].[c-]1ccccc1-c1ccccn1.[c-]1ccccc1-c1ccccn1. The van der Waals surface area contributed by atoms with Gasteiger partial charge in [0.1, 0.15) is 0 Å². The minimum absolute atomic E-state index is 0. The normalized spacial score (nSPS) is 10.6. The van der Waals surface area contributed by atoms with E-state index in [9.17, 15) is 0 Å². The molecule has 0 aliphatic rings. The van der Waals surface area contributed by atoms with Gasteiger partial charge in [-0.3, -0.25) is 0 Å². The molecule has 18 aromatic rings. The molecule has 0 fully saturated rings. The van der Waals surface area contributed by atoms with Crippen molar-refractivity contribution < 1.29 is 80.4 Å². The Kier molecular flexibility index (Phi) is 41.1. The Morgan fingerprint density at radius 2 is 0.403 bits per heavy atom. The van der Waals surface area contributed by atoms with Crippen LogP contribution in [0.15, 0.2) is 407 Å². The predicted molar refractivity (Wildman–Crippen MR) is 538 cm³/mol. The Labute approximate surface area is 824 Å². The molecule has 0 saturated carbocycles. The van der Waals surface area contributed by atoms with Crippen molar-refractivity contribution in [2.75, 3.05) is 0 Å². The zero-order valence-electron chi connectivity index (χ0n) is 75.1. The topological polar surface area (TPSA) is 90.2 Å². The minimum atomic E-state index is -1.48. The molecule has 18 rings (SSSR count). The number of aryl methyl sites for hydroxylation is 1. The molecule has 7 nitrogen and oxygen atoms in total. The predicted octanol–water partition coefficient (Wildman–Crippen LogP) is 27.0. The van der Waals surface area contributed by atoms with Crippen molar-refractivity contribution in [3.63, 3.8) is 0 Å². The van der Waals surface area contributed by atoms with Gasteiger partial charge >= 0.3 is 0 Å². The average molecular weight is 2460 g/mol. The van der Waals surface area contributed by atoms with E-state index in [4.69, 9.17) is 19.9 Å². The van der Waals surface area contributed by atoms with Crippen molar-refractivity contribution in [2.24, 2.45) is 0 Å². The van der Waals surface area contributed by atoms with E-state index in [0.29, 0.717) is 0 Å². The minimum Gasteiger partial charge on any atom is -0.305 e. The summed E-state index contributed by atoms with van der Waals surface area (Å²) < 4.78 is 0. The van der Waals surface area contributed by atoms with Crippen LogP contribution in [-0.4, -0.2) is 67.2 Å². The summed E-state index contributed by atoms with van der Waals surface area (Å²) in [5.41, 5.74) is 25.6. The van der Waals surface area contributed by atoms with Crippen LogP contribution >= 0.6 is 0 Å². The molecule has 0 amide bonds. The summed E-state index contributed by atoms with van der Waals surface area (Å²) in [7, 11) is -5.92. The smallest absolute Gasteiger partial charge is 0.0775 e. The summed E-state index contributed by atoms with van der Waals surface area (Å²) in [5.74, 6) is 0. The van der Waals surface area contributed by atoms with Crippen LogP contribution in [0.25, 0.3) is 123 Å². The van der Waals surface area contributed by atoms with Crippen molar-refractivity contribution in [3.8, 4) is 123 Å². The molecule has 4 radical (unpaired) electrons. The van der Waals surface area contributed by atoms with Crippen molar-refractivity contribution in [1.29, 1.82) is 0 Å². The van der Waals surface area contributed by atoms with Gasteiger partial charge in [0.25, 0.3) is 0 Å². The van der Waals surface area contributed by atoms with Crippen molar-refractivity contribution in [1.82, 2.24) is 34.9 Å². The van der Waals surface area contributed by atoms with Crippen LogP contribution in [0, 0.1) is 49.4 Å². The molecule has 0 aliphatic heterocycles. The van der Waals surface area contributed by atoms with Crippen molar-refractivity contribution in [2.45, 2.75) is 85.5 Å². The first kappa shape index (κ1) is 103. The summed E-state index contributed by atoms with van der Waals surface area (Å²) in [5, 5.41) is 5.78. The molecule has 7 heterocycles. The number of pyridine rings is 7. The van der Waals surface area contributed by atoms with Gasteiger partial charge in [-0.15, -0.1) is 251 Å². The summed E-state index contributed by atoms with van der Waals surface area (Å²) in [6.45, 7) is 30.6. The van der Waals surface area contributed by atoms with Gasteiger partial charge in [-0.1, -0.05) is 281 Å². The molecule has 0 spiro atoms. The second-order valence-electron chi connectivity index (χ2n) is 34.0. The summed E-state index contributed by atoms with van der Waals surface area (Å²) in [6.07, 6.45) is 13.5. The van der Waals surface area contributed by atoms with E-state index in [-0.39, 0.29) is 80.4 Å². The molecule has 11 aromatic carbocycles. The van der Waals surface area contributed by atoms with E-state index in [1.807, 2.05) is 219 Å². The standard InChI is InChI=1S/4C20H20NSi.C12H10N.2C11H8N.4Ir/c4*1-22(2,3)20-14-19(17-12-8-5-9-13-17)21-15-18(20)16-10-6-4-7-11-16;1-10-6-5-9-13-12(10)11-7-3-2-4-8-11;2*1-2-6-10(7-3-1)11-8-4-5-9-12-11;;;;/h4*4-12,14-15H,1-3H3;2-7,9H,1H3;2*1-6,8-9H;;;;/q7*-1;;;;. The van der Waals surface area contributed by atoms with E-state index in [0.717, 1.165) is 78.8 Å². The van der Waals surface area contributed by atoms with Crippen LogP contribution in [0.4, 0.5) is 0 Å². The van der Waals surface area contributed by atoms with Gasteiger partial charge < -0.3 is 34.9 Å². The molecule has 0 bridgehead atoms. The second kappa shape index (κ2) is 51.4. The second-order valence-corrected chi connectivity index (χ2v) is 54.1. The van der Waals surface area contributed by atoms with E-state index < -0.39 is 32.3 Å². The zero-order valence-corrected chi connectivity index (χ0v) is 88.7. The third-order valence-electron chi connectivity index (χ3n) is 20.4. The summed E-state index contributed by atoms with van der Waals surface area (Å²) >= 11 is 0. The zero-order chi connectivity index (χ0) is 87.9. The quantitative estimate of drug-likeness (QED) is 0.0746. The van der Waals surface area contributed by atoms with Crippen molar-refractivity contribution >= 4 is 53.0 Å². The molecule has 0 atom stereocenters. The number of hydrogen-bond acceptors (Lipinski definition) is 7. The van der Waals surface area contributed by atoms with Crippen LogP contribution in [-0.2, 0) is 80.4 Å². The number of benzene rings is 11.